The van der Waals surface area contributed by atoms with E-state index in [4.69, 9.17) is 24.5 Å². The Morgan fingerprint density at radius 3 is 2.76 bits per heavy atom. The molecule has 0 aromatic carbocycles. The molecule has 0 aromatic heterocycles. The van der Waals surface area contributed by atoms with Crippen molar-refractivity contribution in [1.82, 2.24) is 0 Å². The highest BCUT2D eigenvalue weighted by atomic mass is 16.8. The number of azide groups is 1. The van der Waals surface area contributed by atoms with Gasteiger partial charge in [0, 0.05) is 4.91 Å². The number of rotatable bonds is 1. The molecule has 3 aliphatic heterocycles. The molecule has 3 heterocycles. The van der Waals surface area contributed by atoms with E-state index in [-0.39, 0.29) is 0 Å². The van der Waals surface area contributed by atoms with Crippen LogP contribution in [-0.2, 0) is 23.7 Å². The summed E-state index contributed by atoms with van der Waals surface area (Å²) < 4.78 is 21.7. The minimum absolute atomic E-state index is 0.460. The predicted octanol–water partition coefficient (Wildman–Crippen LogP) is 0.467. The average molecular weight is 241 g/mol. The van der Waals surface area contributed by atoms with Crippen LogP contribution in [-0.4, -0.2) is 42.4 Å². The fraction of sp³-hybridized carbons (Fsp3) is 0.889. The molecule has 92 valence electrons. The molecule has 3 rings (SSSR count). The highest BCUT2D eigenvalue weighted by molar-refractivity contribution is 5.79. The van der Waals surface area contributed by atoms with Gasteiger partial charge in [-0.3, -0.25) is 4.79 Å². The van der Waals surface area contributed by atoms with Gasteiger partial charge >= 0.3 is 5.97 Å². The van der Waals surface area contributed by atoms with Crippen molar-refractivity contribution in [3.05, 3.63) is 10.4 Å². The lowest BCUT2D eigenvalue weighted by Crippen LogP contribution is -2.34. The molecule has 0 bridgehead atoms. The Labute approximate surface area is 96.4 Å². The van der Waals surface area contributed by atoms with Gasteiger partial charge in [-0.25, -0.2) is 0 Å². The van der Waals surface area contributed by atoms with Gasteiger partial charge in [-0.15, -0.1) is 0 Å². The molecule has 0 N–H and O–H groups in total. The Bertz CT molecular complexity index is 419. The Kier molecular flexibility index (Phi) is 2.11. The van der Waals surface area contributed by atoms with Crippen LogP contribution in [0.1, 0.15) is 13.8 Å². The lowest BCUT2D eigenvalue weighted by Gasteiger charge is -2.21. The van der Waals surface area contributed by atoms with Gasteiger partial charge in [0.1, 0.15) is 6.10 Å². The summed E-state index contributed by atoms with van der Waals surface area (Å²) in [5.74, 6) is -1.34. The molecular formula is C9H11N3O5. The van der Waals surface area contributed by atoms with Crippen LogP contribution in [0, 0.1) is 0 Å². The molecule has 0 aromatic rings. The van der Waals surface area contributed by atoms with Crippen LogP contribution >= 0.6 is 0 Å². The number of carbonyl (C=O) groups is 1. The van der Waals surface area contributed by atoms with E-state index in [1.54, 1.807) is 13.8 Å². The van der Waals surface area contributed by atoms with Crippen molar-refractivity contribution < 1.29 is 23.7 Å². The normalized spacial score (nSPS) is 46.0. The van der Waals surface area contributed by atoms with E-state index in [0.29, 0.717) is 0 Å². The van der Waals surface area contributed by atoms with Crippen molar-refractivity contribution in [2.24, 2.45) is 5.11 Å². The average Bonchev–Trinajstić information content (AvgIpc) is 2.78. The van der Waals surface area contributed by atoms with E-state index in [9.17, 15) is 4.79 Å². The Hall–Kier alpha value is -1.34. The summed E-state index contributed by atoms with van der Waals surface area (Å²) >= 11 is 0. The summed E-state index contributed by atoms with van der Waals surface area (Å²) in [6, 6.07) is -0.953. The summed E-state index contributed by atoms with van der Waals surface area (Å²) in [5, 5.41) is 3.38. The summed E-state index contributed by atoms with van der Waals surface area (Å²) in [6.07, 6.45) is -2.23. The van der Waals surface area contributed by atoms with Crippen molar-refractivity contribution >= 4 is 5.97 Å². The lowest BCUT2D eigenvalue weighted by molar-refractivity contribution is -0.210. The predicted molar refractivity (Wildman–Crippen MR) is 51.5 cm³/mol. The molecule has 5 atom stereocenters. The second-order valence-electron chi connectivity index (χ2n) is 4.62. The van der Waals surface area contributed by atoms with Gasteiger partial charge in [0.15, 0.2) is 30.3 Å². The standard InChI is InChI=1S/C9H11N3O5/c1-9(2)16-6-5-4(15-8(6)17-9)3(11-12-10)7(13)14-5/h3-6,8H,1-2H3/t3-,4?,5?,6-,8?/m1/s1. The first-order valence-corrected chi connectivity index (χ1v) is 5.28. The number of carbonyl (C=O) groups excluding carboxylic acids is 1. The second kappa shape index (κ2) is 3.33. The van der Waals surface area contributed by atoms with Crippen molar-refractivity contribution in [1.29, 1.82) is 0 Å². The Balaban J connectivity index is 1.84. The zero-order valence-corrected chi connectivity index (χ0v) is 9.27. The molecule has 3 saturated heterocycles. The van der Waals surface area contributed by atoms with Crippen LogP contribution in [0.2, 0.25) is 0 Å². The molecule has 8 heteroatoms. The van der Waals surface area contributed by atoms with Crippen LogP contribution in [0.3, 0.4) is 0 Å². The number of ether oxygens (including phenoxy) is 4. The minimum atomic E-state index is -0.953. The fourth-order valence-electron chi connectivity index (χ4n) is 2.40. The summed E-state index contributed by atoms with van der Waals surface area (Å²) in [7, 11) is 0. The van der Waals surface area contributed by atoms with Crippen molar-refractivity contribution in [3.63, 3.8) is 0 Å². The number of hydrogen-bond acceptors (Lipinski definition) is 6. The molecule has 0 amide bonds. The van der Waals surface area contributed by atoms with E-state index in [1.165, 1.54) is 0 Å². The summed E-state index contributed by atoms with van der Waals surface area (Å²) in [5.41, 5.74) is 8.38. The van der Waals surface area contributed by atoms with Gasteiger partial charge < -0.3 is 18.9 Å². The molecule has 3 fully saturated rings. The third-order valence-corrected chi connectivity index (χ3v) is 3.01. The molecule has 3 unspecified atom stereocenters. The topological polar surface area (TPSA) is 103 Å². The molecule has 0 saturated carbocycles. The zero-order chi connectivity index (χ0) is 12.2. The first kappa shape index (κ1) is 10.8. The summed E-state index contributed by atoms with van der Waals surface area (Å²) in [4.78, 5) is 14.1. The smallest absolute Gasteiger partial charge is 0.318 e. The third-order valence-electron chi connectivity index (χ3n) is 3.01. The van der Waals surface area contributed by atoms with Crippen LogP contribution in [0.15, 0.2) is 5.11 Å². The Morgan fingerprint density at radius 1 is 1.29 bits per heavy atom. The summed E-state index contributed by atoms with van der Waals surface area (Å²) in [6.45, 7) is 3.51. The van der Waals surface area contributed by atoms with Crippen molar-refractivity contribution in [3.8, 4) is 0 Å². The highest BCUT2D eigenvalue weighted by Crippen LogP contribution is 2.42. The molecular weight excluding hydrogens is 230 g/mol. The van der Waals surface area contributed by atoms with E-state index in [2.05, 4.69) is 10.0 Å². The maximum atomic E-state index is 11.5. The maximum absolute atomic E-state index is 11.5. The first-order chi connectivity index (χ1) is 8.02. The number of esters is 1. The van der Waals surface area contributed by atoms with Gasteiger partial charge in [0.25, 0.3) is 0 Å². The molecule has 17 heavy (non-hydrogen) atoms. The van der Waals surface area contributed by atoms with Gasteiger partial charge in [0.2, 0.25) is 0 Å². The van der Waals surface area contributed by atoms with Crippen LogP contribution in [0.4, 0.5) is 0 Å². The molecule has 0 spiro atoms. The van der Waals surface area contributed by atoms with Crippen LogP contribution in [0.25, 0.3) is 10.4 Å². The zero-order valence-electron chi connectivity index (χ0n) is 9.27. The third kappa shape index (κ3) is 1.49. The molecule has 0 radical (unpaired) electrons. The number of hydrogen-bond donors (Lipinski definition) is 0. The largest absolute Gasteiger partial charge is 0.456 e. The van der Waals surface area contributed by atoms with Crippen molar-refractivity contribution in [2.75, 3.05) is 0 Å². The van der Waals surface area contributed by atoms with Crippen LogP contribution < -0.4 is 0 Å². The van der Waals surface area contributed by atoms with Gasteiger partial charge in [-0.1, -0.05) is 5.11 Å². The van der Waals surface area contributed by atoms with Crippen molar-refractivity contribution in [2.45, 2.75) is 50.3 Å². The molecule has 0 aliphatic carbocycles. The van der Waals surface area contributed by atoms with Crippen LogP contribution in [0.5, 0.6) is 0 Å². The lowest BCUT2D eigenvalue weighted by atomic mass is 10.1. The minimum Gasteiger partial charge on any atom is -0.456 e. The Morgan fingerprint density at radius 2 is 2.06 bits per heavy atom. The second-order valence-corrected chi connectivity index (χ2v) is 4.62. The maximum Gasteiger partial charge on any atom is 0.318 e. The van der Waals surface area contributed by atoms with Gasteiger partial charge in [-0.05, 0) is 19.4 Å². The monoisotopic (exact) mass is 241 g/mol. The van der Waals surface area contributed by atoms with Gasteiger partial charge in [0.05, 0.1) is 0 Å². The quantitative estimate of drug-likeness (QED) is 0.287. The van der Waals surface area contributed by atoms with Gasteiger partial charge in [-0.2, -0.15) is 0 Å². The van der Waals surface area contributed by atoms with E-state index < -0.39 is 42.4 Å². The first-order valence-electron chi connectivity index (χ1n) is 5.28. The highest BCUT2D eigenvalue weighted by Gasteiger charge is 2.62. The van der Waals surface area contributed by atoms with E-state index >= 15 is 0 Å². The van der Waals surface area contributed by atoms with E-state index in [1.807, 2.05) is 0 Å². The van der Waals surface area contributed by atoms with E-state index in [0.717, 1.165) is 0 Å². The number of fused-ring (bicyclic) bond motifs is 3. The molecule has 3 aliphatic rings. The fourth-order valence-corrected chi connectivity index (χ4v) is 2.40. The molecule has 8 nitrogen and oxygen atoms in total. The number of nitrogens with zero attached hydrogens (tertiary/aromatic N) is 3. The SMILES string of the molecule is CC1(C)OC2OC3C(OC(=O)[C@@H]3N=[N+]=[N-])[C@H]2O1.